The van der Waals surface area contributed by atoms with Gasteiger partial charge in [-0.2, -0.15) is 15.0 Å². The number of hydrogen-bond acceptors (Lipinski definition) is 9. The van der Waals surface area contributed by atoms with Crippen molar-refractivity contribution in [3.8, 4) is 0 Å². The minimum absolute atomic E-state index is 0.246. The van der Waals surface area contributed by atoms with Gasteiger partial charge in [0.25, 0.3) is 0 Å². The molecule has 160 valence electrons. The maximum atomic E-state index is 5.53. The number of rotatable bonds is 13. The average molecular weight is 396 g/mol. The van der Waals surface area contributed by atoms with Crippen molar-refractivity contribution < 1.29 is 9.47 Å². The largest absolute Gasteiger partial charge is 0.378 e. The summed E-state index contributed by atoms with van der Waals surface area (Å²) in [7, 11) is 0. The van der Waals surface area contributed by atoms with Crippen molar-refractivity contribution >= 4 is 17.8 Å². The number of ether oxygens (including phenoxy) is 2. The summed E-state index contributed by atoms with van der Waals surface area (Å²) in [5.74, 6) is 2.56. The molecule has 0 spiro atoms. The van der Waals surface area contributed by atoms with Gasteiger partial charge in [0.1, 0.15) is 0 Å². The summed E-state index contributed by atoms with van der Waals surface area (Å²) in [6.07, 6.45) is 4.81. The quantitative estimate of drug-likeness (QED) is 0.372. The summed E-state index contributed by atoms with van der Waals surface area (Å²) in [4.78, 5) is 13.5. The molecule has 0 amide bonds. The van der Waals surface area contributed by atoms with Crippen molar-refractivity contribution in [1.29, 1.82) is 0 Å². The van der Waals surface area contributed by atoms with Crippen LogP contribution in [0.15, 0.2) is 0 Å². The molecular weight excluding hydrogens is 358 g/mol. The van der Waals surface area contributed by atoms with E-state index >= 15 is 0 Å². The molecule has 9 nitrogen and oxygen atoms in total. The van der Waals surface area contributed by atoms with Crippen LogP contribution >= 0.6 is 0 Å². The van der Waals surface area contributed by atoms with Gasteiger partial charge in [0.2, 0.25) is 17.8 Å². The van der Waals surface area contributed by atoms with E-state index in [0.29, 0.717) is 63.4 Å². The summed E-state index contributed by atoms with van der Waals surface area (Å²) in [5, 5.41) is 9.96. The Morgan fingerprint density at radius 2 is 1.57 bits per heavy atom. The fourth-order valence-electron chi connectivity index (χ4n) is 3.07. The van der Waals surface area contributed by atoms with Gasteiger partial charge in [0.15, 0.2) is 0 Å². The highest BCUT2D eigenvalue weighted by molar-refractivity contribution is 5.43. The van der Waals surface area contributed by atoms with Crippen LogP contribution in [0, 0.1) is 5.92 Å². The standard InChI is InChI=1S/C19H37N7O2/c1-14(2)22-18-24-17(21-9-11-28-13-12-27-10-8-20)25-19(26-18)23-16-6-4-15(3)5-7-16/h14-16H,4-13,20H2,1-3H3,(H3,21,22,23,24,25,26). The first-order valence-electron chi connectivity index (χ1n) is 10.5. The number of nitrogens with zero attached hydrogens (tertiary/aromatic N) is 3. The summed E-state index contributed by atoms with van der Waals surface area (Å²) in [6, 6.07) is 0.672. The highest BCUT2D eigenvalue weighted by Crippen LogP contribution is 2.25. The van der Waals surface area contributed by atoms with Crippen LogP contribution in [0.25, 0.3) is 0 Å². The fraction of sp³-hybridized carbons (Fsp3) is 0.842. The molecule has 0 bridgehead atoms. The molecule has 5 N–H and O–H groups in total. The average Bonchev–Trinajstić information content (AvgIpc) is 2.65. The van der Waals surface area contributed by atoms with E-state index in [1.54, 1.807) is 0 Å². The number of nitrogens with one attached hydrogen (secondary N) is 3. The molecule has 2 rings (SSSR count). The number of nitrogens with two attached hydrogens (primary N) is 1. The molecule has 0 aromatic carbocycles. The van der Waals surface area contributed by atoms with Crippen molar-refractivity contribution in [1.82, 2.24) is 15.0 Å². The Morgan fingerprint density at radius 3 is 2.25 bits per heavy atom. The van der Waals surface area contributed by atoms with E-state index in [9.17, 15) is 0 Å². The van der Waals surface area contributed by atoms with Gasteiger partial charge in [0.05, 0.1) is 26.4 Å². The molecule has 1 aliphatic rings. The Bertz CT molecular complexity index is 551. The van der Waals surface area contributed by atoms with E-state index in [4.69, 9.17) is 15.2 Å². The van der Waals surface area contributed by atoms with Crippen LogP contribution in [0.2, 0.25) is 0 Å². The second-order valence-corrected chi connectivity index (χ2v) is 7.65. The van der Waals surface area contributed by atoms with Gasteiger partial charge in [-0.3, -0.25) is 0 Å². The highest BCUT2D eigenvalue weighted by Gasteiger charge is 2.19. The van der Waals surface area contributed by atoms with Crippen LogP contribution in [-0.4, -0.2) is 66.6 Å². The van der Waals surface area contributed by atoms with Crippen molar-refractivity contribution in [3.63, 3.8) is 0 Å². The third kappa shape index (κ3) is 8.99. The monoisotopic (exact) mass is 395 g/mol. The molecular formula is C19H37N7O2. The Hall–Kier alpha value is -1.71. The molecule has 1 aromatic rings. The fourth-order valence-corrected chi connectivity index (χ4v) is 3.07. The van der Waals surface area contributed by atoms with Gasteiger partial charge in [0, 0.05) is 25.2 Å². The van der Waals surface area contributed by atoms with E-state index < -0.39 is 0 Å². The second kappa shape index (κ2) is 12.7. The molecule has 1 heterocycles. The maximum Gasteiger partial charge on any atom is 0.229 e. The second-order valence-electron chi connectivity index (χ2n) is 7.65. The van der Waals surface area contributed by atoms with Crippen LogP contribution in [0.4, 0.5) is 17.8 Å². The van der Waals surface area contributed by atoms with Crippen LogP contribution < -0.4 is 21.7 Å². The van der Waals surface area contributed by atoms with E-state index in [0.717, 1.165) is 18.8 Å². The maximum absolute atomic E-state index is 5.53. The van der Waals surface area contributed by atoms with Gasteiger partial charge in [-0.05, 0) is 45.4 Å². The zero-order chi connectivity index (χ0) is 20.2. The van der Waals surface area contributed by atoms with E-state index in [-0.39, 0.29) is 6.04 Å². The topological polar surface area (TPSA) is 119 Å². The van der Waals surface area contributed by atoms with Crippen molar-refractivity contribution in [2.45, 2.75) is 58.5 Å². The Balaban J connectivity index is 1.83. The zero-order valence-corrected chi connectivity index (χ0v) is 17.5. The molecule has 0 unspecified atom stereocenters. The molecule has 0 aliphatic heterocycles. The molecule has 0 atom stereocenters. The van der Waals surface area contributed by atoms with Crippen molar-refractivity contribution in [3.05, 3.63) is 0 Å². The molecule has 1 aliphatic carbocycles. The SMILES string of the molecule is CC1CCC(Nc2nc(NCCOCCOCCN)nc(NC(C)C)n2)CC1. The predicted molar refractivity (Wildman–Crippen MR) is 113 cm³/mol. The molecule has 9 heteroatoms. The molecule has 1 fully saturated rings. The smallest absolute Gasteiger partial charge is 0.229 e. The number of aromatic nitrogens is 3. The Kier molecular flexibility index (Phi) is 10.2. The van der Waals surface area contributed by atoms with Crippen LogP contribution in [0.5, 0.6) is 0 Å². The predicted octanol–water partition coefficient (Wildman–Crippen LogP) is 2.09. The van der Waals surface area contributed by atoms with Gasteiger partial charge >= 0.3 is 0 Å². The molecule has 0 radical (unpaired) electrons. The van der Waals surface area contributed by atoms with Gasteiger partial charge in [-0.1, -0.05) is 6.92 Å². The highest BCUT2D eigenvalue weighted by atomic mass is 16.5. The van der Waals surface area contributed by atoms with E-state index in [1.165, 1.54) is 12.8 Å². The first kappa shape index (κ1) is 22.6. The number of anilines is 3. The van der Waals surface area contributed by atoms with Crippen LogP contribution in [0.3, 0.4) is 0 Å². The summed E-state index contributed by atoms with van der Waals surface area (Å²) in [5.41, 5.74) is 5.37. The first-order chi connectivity index (χ1) is 13.6. The van der Waals surface area contributed by atoms with Gasteiger partial charge in [-0.15, -0.1) is 0 Å². The molecule has 1 aromatic heterocycles. The van der Waals surface area contributed by atoms with E-state index in [2.05, 4.69) is 51.7 Å². The van der Waals surface area contributed by atoms with Gasteiger partial charge in [-0.25, -0.2) is 0 Å². The normalized spacial score (nSPS) is 19.6. The third-order valence-corrected chi connectivity index (χ3v) is 4.57. The van der Waals surface area contributed by atoms with Crippen molar-refractivity contribution in [2.24, 2.45) is 11.7 Å². The third-order valence-electron chi connectivity index (χ3n) is 4.57. The van der Waals surface area contributed by atoms with Crippen LogP contribution in [0.1, 0.15) is 46.5 Å². The number of hydrogen-bond donors (Lipinski definition) is 4. The molecule has 0 saturated heterocycles. The lowest BCUT2D eigenvalue weighted by Gasteiger charge is -2.27. The lowest BCUT2D eigenvalue weighted by atomic mass is 9.87. The molecule has 1 saturated carbocycles. The van der Waals surface area contributed by atoms with Gasteiger partial charge < -0.3 is 31.2 Å². The lowest BCUT2D eigenvalue weighted by Crippen LogP contribution is -2.27. The summed E-state index contributed by atoms with van der Waals surface area (Å²) < 4.78 is 10.8. The zero-order valence-electron chi connectivity index (χ0n) is 17.5. The summed E-state index contributed by atoms with van der Waals surface area (Å²) in [6.45, 7) is 9.80. The minimum atomic E-state index is 0.246. The van der Waals surface area contributed by atoms with Crippen molar-refractivity contribution in [2.75, 3.05) is 55.5 Å². The molecule has 28 heavy (non-hydrogen) atoms. The lowest BCUT2D eigenvalue weighted by molar-refractivity contribution is 0.0547. The van der Waals surface area contributed by atoms with E-state index in [1.807, 2.05) is 0 Å². The Labute approximate surface area is 168 Å². The Morgan fingerprint density at radius 1 is 0.929 bits per heavy atom. The first-order valence-corrected chi connectivity index (χ1v) is 10.5. The summed E-state index contributed by atoms with van der Waals surface area (Å²) >= 11 is 0. The minimum Gasteiger partial charge on any atom is -0.378 e. The van der Waals surface area contributed by atoms with Crippen LogP contribution in [-0.2, 0) is 9.47 Å².